The van der Waals surface area contributed by atoms with Crippen LogP contribution in [0.25, 0.3) is 0 Å². The normalized spacial score (nSPS) is 26.0. The number of rotatable bonds is 4. The standard InChI is InChI=1S/C17H19NO3/c19-11-13(10-12-6-2-1-3-7-12)18-16(20)14-8-4-5-9-15(14)17(18)21/h1-7,13-15,19H,8-11H2/t13-,14?,15?/m0/s1. The second-order valence-electron chi connectivity index (χ2n) is 5.73. The van der Waals surface area contributed by atoms with E-state index in [4.69, 9.17) is 0 Å². The lowest BCUT2D eigenvalue weighted by Crippen LogP contribution is -2.44. The molecule has 3 rings (SSSR count). The molecule has 1 aromatic rings. The molecule has 1 fully saturated rings. The zero-order valence-corrected chi connectivity index (χ0v) is 11.8. The molecule has 1 saturated heterocycles. The van der Waals surface area contributed by atoms with E-state index in [0.717, 1.165) is 5.56 Å². The van der Waals surface area contributed by atoms with E-state index in [1.807, 2.05) is 42.5 Å². The summed E-state index contributed by atoms with van der Waals surface area (Å²) in [5, 5.41) is 9.66. The SMILES string of the molecule is O=C1C2CC=CCC2C(=O)N1[C@H](CO)Cc1ccccc1. The average Bonchev–Trinajstić information content (AvgIpc) is 2.78. The molecule has 2 aliphatic rings. The molecule has 1 aliphatic heterocycles. The maximum atomic E-state index is 12.5. The van der Waals surface area contributed by atoms with Crippen LogP contribution in [0.2, 0.25) is 0 Å². The van der Waals surface area contributed by atoms with Gasteiger partial charge in [-0.25, -0.2) is 0 Å². The van der Waals surface area contributed by atoms with Crippen LogP contribution in [-0.2, 0) is 16.0 Å². The molecule has 1 aromatic carbocycles. The Hall–Kier alpha value is -1.94. The number of hydrogen-bond acceptors (Lipinski definition) is 3. The third kappa shape index (κ3) is 2.51. The molecule has 110 valence electrons. The molecule has 2 amide bonds. The van der Waals surface area contributed by atoms with Crippen LogP contribution >= 0.6 is 0 Å². The summed E-state index contributed by atoms with van der Waals surface area (Å²) < 4.78 is 0. The van der Waals surface area contributed by atoms with E-state index in [-0.39, 0.29) is 30.3 Å². The number of nitrogens with zero attached hydrogens (tertiary/aromatic N) is 1. The van der Waals surface area contributed by atoms with Gasteiger partial charge in [0.1, 0.15) is 0 Å². The number of aliphatic hydroxyl groups excluding tert-OH is 1. The van der Waals surface area contributed by atoms with Crippen molar-refractivity contribution in [1.29, 1.82) is 0 Å². The molecular formula is C17H19NO3. The number of imide groups is 1. The van der Waals surface area contributed by atoms with Crippen molar-refractivity contribution in [2.24, 2.45) is 11.8 Å². The lowest BCUT2D eigenvalue weighted by molar-refractivity contribution is -0.143. The molecular weight excluding hydrogens is 266 g/mol. The zero-order valence-electron chi connectivity index (χ0n) is 11.8. The Kier molecular flexibility index (Phi) is 3.88. The van der Waals surface area contributed by atoms with Gasteiger partial charge in [-0.1, -0.05) is 42.5 Å². The Morgan fingerprint density at radius 2 is 1.62 bits per heavy atom. The predicted molar refractivity (Wildman–Crippen MR) is 78.2 cm³/mol. The monoisotopic (exact) mass is 285 g/mol. The molecule has 3 atom stereocenters. The van der Waals surface area contributed by atoms with Gasteiger partial charge >= 0.3 is 0 Å². The van der Waals surface area contributed by atoms with Gasteiger partial charge in [0.15, 0.2) is 0 Å². The molecule has 4 heteroatoms. The first-order valence-electron chi connectivity index (χ1n) is 7.39. The third-order valence-corrected chi connectivity index (χ3v) is 4.43. The number of benzene rings is 1. The number of carbonyl (C=O) groups excluding carboxylic acids is 2. The van der Waals surface area contributed by atoms with Crippen molar-refractivity contribution in [1.82, 2.24) is 4.90 Å². The summed E-state index contributed by atoms with van der Waals surface area (Å²) in [5.41, 5.74) is 1.02. The van der Waals surface area contributed by atoms with Gasteiger partial charge in [0.05, 0.1) is 24.5 Å². The van der Waals surface area contributed by atoms with Gasteiger partial charge in [-0.2, -0.15) is 0 Å². The highest BCUT2D eigenvalue weighted by atomic mass is 16.3. The van der Waals surface area contributed by atoms with Crippen molar-refractivity contribution in [2.45, 2.75) is 25.3 Å². The first kappa shape index (κ1) is 14.0. The minimum absolute atomic E-state index is 0.121. The van der Waals surface area contributed by atoms with Gasteiger partial charge in [0, 0.05) is 0 Å². The van der Waals surface area contributed by atoms with Crippen LogP contribution < -0.4 is 0 Å². The Morgan fingerprint density at radius 1 is 1.05 bits per heavy atom. The van der Waals surface area contributed by atoms with Crippen LogP contribution in [0.4, 0.5) is 0 Å². The van der Waals surface area contributed by atoms with E-state index in [1.54, 1.807) is 0 Å². The number of carbonyl (C=O) groups is 2. The molecule has 0 spiro atoms. The fraction of sp³-hybridized carbons (Fsp3) is 0.412. The number of aliphatic hydroxyl groups is 1. The number of fused-ring (bicyclic) bond motifs is 1. The number of amides is 2. The van der Waals surface area contributed by atoms with Gasteiger partial charge in [-0.3, -0.25) is 14.5 Å². The molecule has 0 saturated carbocycles. The van der Waals surface area contributed by atoms with Crippen molar-refractivity contribution in [3.63, 3.8) is 0 Å². The van der Waals surface area contributed by atoms with Gasteiger partial charge in [-0.05, 0) is 24.8 Å². The van der Waals surface area contributed by atoms with Crippen molar-refractivity contribution >= 4 is 11.8 Å². The summed E-state index contributed by atoms with van der Waals surface area (Å²) in [6.07, 6.45) is 5.72. The fourth-order valence-electron chi connectivity index (χ4n) is 3.31. The summed E-state index contributed by atoms with van der Waals surface area (Å²) in [5.74, 6) is -0.701. The van der Waals surface area contributed by atoms with Crippen LogP contribution in [-0.4, -0.2) is 34.5 Å². The van der Waals surface area contributed by atoms with E-state index in [1.165, 1.54) is 4.90 Å². The highest BCUT2D eigenvalue weighted by Gasteiger charge is 2.49. The summed E-state index contributed by atoms with van der Waals surface area (Å²) in [7, 11) is 0. The molecule has 0 radical (unpaired) electrons. The molecule has 0 aromatic heterocycles. The van der Waals surface area contributed by atoms with E-state index in [9.17, 15) is 14.7 Å². The lowest BCUT2D eigenvalue weighted by atomic mass is 9.85. The summed E-state index contributed by atoms with van der Waals surface area (Å²) >= 11 is 0. The molecule has 1 aliphatic carbocycles. The second kappa shape index (κ2) is 5.82. The van der Waals surface area contributed by atoms with Crippen molar-refractivity contribution < 1.29 is 14.7 Å². The number of allylic oxidation sites excluding steroid dienone is 2. The first-order valence-corrected chi connectivity index (χ1v) is 7.39. The highest BCUT2D eigenvalue weighted by molar-refractivity contribution is 6.05. The van der Waals surface area contributed by atoms with E-state index >= 15 is 0 Å². The van der Waals surface area contributed by atoms with Crippen LogP contribution in [0.1, 0.15) is 18.4 Å². The topological polar surface area (TPSA) is 57.6 Å². The molecule has 1 heterocycles. The minimum atomic E-state index is -0.460. The largest absolute Gasteiger partial charge is 0.394 e. The lowest BCUT2D eigenvalue weighted by Gasteiger charge is -2.25. The summed E-state index contributed by atoms with van der Waals surface area (Å²) in [6, 6.07) is 9.19. The van der Waals surface area contributed by atoms with Crippen LogP contribution in [0.3, 0.4) is 0 Å². The Morgan fingerprint density at radius 3 is 2.14 bits per heavy atom. The van der Waals surface area contributed by atoms with Crippen LogP contribution in [0.5, 0.6) is 0 Å². The van der Waals surface area contributed by atoms with E-state index < -0.39 is 6.04 Å². The fourth-order valence-corrected chi connectivity index (χ4v) is 3.31. The van der Waals surface area contributed by atoms with Crippen LogP contribution in [0, 0.1) is 11.8 Å². The molecule has 1 N–H and O–H groups in total. The van der Waals surface area contributed by atoms with Crippen LogP contribution in [0.15, 0.2) is 42.5 Å². The van der Waals surface area contributed by atoms with E-state index in [2.05, 4.69) is 0 Å². The Bertz CT molecular complexity index is 541. The van der Waals surface area contributed by atoms with Gasteiger partial charge in [-0.15, -0.1) is 0 Å². The predicted octanol–water partition coefficient (Wildman–Crippen LogP) is 1.54. The quantitative estimate of drug-likeness (QED) is 0.674. The minimum Gasteiger partial charge on any atom is -0.394 e. The third-order valence-electron chi connectivity index (χ3n) is 4.43. The number of hydrogen-bond donors (Lipinski definition) is 1. The van der Waals surface area contributed by atoms with Crippen molar-refractivity contribution in [3.05, 3.63) is 48.0 Å². The summed E-state index contributed by atoms with van der Waals surface area (Å²) in [6.45, 7) is -0.195. The first-order chi connectivity index (χ1) is 10.2. The zero-order chi connectivity index (χ0) is 14.8. The summed E-state index contributed by atoms with van der Waals surface area (Å²) in [4.78, 5) is 26.3. The highest BCUT2D eigenvalue weighted by Crippen LogP contribution is 2.36. The number of likely N-dealkylation sites (tertiary alicyclic amines) is 1. The maximum absolute atomic E-state index is 12.5. The smallest absolute Gasteiger partial charge is 0.233 e. The van der Waals surface area contributed by atoms with Crippen molar-refractivity contribution in [3.8, 4) is 0 Å². The molecule has 0 bridgehead atoms. The Labute approximate surface area is 124 Å². The van der Waals surface area contributed by atoms with Crippen molar-refractivity contribution in [2.75, 3.05) is 6.61 Å². The Balaban J connectivity index is 1.81. The van der Waals surface area contributed by atoms with Gasteiger partial charge in [0.25, 0.3) is 0 Å². The molecule has 4 nitrogen and oxygen atoms in total. The van der Waals surface area contributed by atoms with Gasteiger partial charge in [0.2, 0.25) is 11.8 Å². The molecule has 21 heavy (non-hydrogen) atoms. The van der Waals surface area contributed by atoms with Gasteiger partial charge < -0.3 is 5.11 Å². The maximum Gasteiger partial charge on any atom is 0.233 e. The molecule has 2 unspecified atom stereocenters. The second-order valence-corrected chi connectivity index (χ2v) is 5.73. The van der Waals surface area contributed by atoms with E-state index in [0.29, 0.717) is 19.3 Å². The average molecular weight is 285 g/mol.